The molecule has 0 aliphatic carbocycles. The van der Waals surface area contributed by atoms with Gasteiger partial charge in [-0.2, -0.15) is 0 Å². The molecule has 0 fully saturated rings. The molecule has 1 aromatic carbocycles. The number of aliphatic hydroxyl groups excluding tert-OH is 1. The fourth-order valence-corrected chi connectivity index (χ4v) is 2.74. The highest BCUT2D eigenvalue weighted by atomic mass is 32.2. The predicted molar refractivity (Wildman–Crippen MR) is 76.1 cm³/mol. The van der Waals surface area contributed by atoms with E-state index in [1.807, 2.05) is 17.7 Å². The summed E-state index contributed by atoms with van der Waals surface area (Å²) in [6.07, 6.45) is 4.59. The lowest BCUT2D eigenvalue weighted by molar-refractivity contribution is 0.204. The highest BCUT2D eigenvalue weighted by Crippen LogP contribution is 2.23. The molecule has 5 nitrogen and oxygen atoms in total. The van der Waals surface area contributed by atoms with Gasteiger partial charge in [-0.15, -0.1) is 0 Å². The van der Waals surface area contributed by atoms with Crippen LogP contribution in [0.15, 0.2) is 41.6 Å². The van der Waals surface area contributed by atoms with Crippen LogP contribution >= 0.6 is 0 Å². The van der Waals surface area contributed by atoms with Gasteiger partial charge in [0.2, 0.25) is 0 Å². The van der Waals surface area contributed by atoms with E-state index in [-0.39, 0.29) is 4.90 Å². The van der Waals surface area contributed by atoms with Gasteiger partial charge in [0.25, 0.3) is 0 Å². The van der Waals surface area contributed by atoms with Gasteiger partial charge in [0, 0.05) is 25.2 Å². The van der Waals surface area contributed by atoms with Crippen LogP contribution in [0.2, 0.25) is 0 Å². The molecule has 0 aliphatic rings. The summed E-state index contributed by atoms with van der Waals surface area (Å²) in [5.41, 5.74) is 0.525. The smallest absolute Gasteiger partial charge is 0.175 e. The second-order valence-corrected chi connectivity index (χ2v) is 6.74. The Balaban J connectivity index is 2.38. The van der Waals surface area contributed by atoms with Gasteiger partial charge in [0.05, 0.1) is 4.90 Å². The van der Waals surface area contributed by atoms with Crippen LogP contribution in [-0.2, 0) is 16.4 Å². The maximum atomic E-state index is 11.6. The van der Waals surface area contributed by atoms with Gasteiger partial charge < -0.3 is 9.67 Å². The van der Waals surface area contributed by atoms with E-state index in [0.29, 0.717) is 11.4 Å². The fraction of sp³-hybridized carbons (Fsp3) is 0.357. The Morgan fingerprint density at radius 2 is 2.15 bits per heavy atom. The monoisotopic (exact) mass is 294 g/mol. The number of rotatable bonds is 5. The normalized spacial score (nSPS) is 13.3. The van der Waals surface area contributed by atoms with Gasteiger partial charge in [-0.3, -0.25) is 0 Å². The van der Waals surface area contributed by atoms with Crippen LogP contribution in [0.1, 0.15) is 30.8 Å². The largest absolute Gasteiger partial charge is 0.380 e. The third-order valence-corrected chi connectivity index (χ3v) is 4.17. The van der Waals surface area contributed by atoms with Crippen molar-refractivity contribution in [2.75, 3.05) is 6.26 Å². The minimum atomic E-state index is -3.29. The van der Waals surface area contributed by atoms with Gasteiger partial charge >= 0.3 is 0 Å². The molecule has 0 saturated carbocycles. The van der Waals surface area contributed by atoms with Crippen LogP contribution in [-0.4, -0.2) is 29.3 Å². The maximum absolute atomic E-state index is 11.6. The van der Waals surface area contributed by atoms with Crippen LogP contribution in [0, 0.1) is 0 Å². The van der Waals surface area contributed by atoms with Crippen molar-refractivity contribution in [3.63, 3.8) is 0 Å². The van der Waals surface area contributed by atoms with Crippen molar-refractivity contribution >= 4 is 9.84 Å². The molecular formula is C14H18N2O3S. The van der Waals surface area contributed by atoms with Gasteiger partial charge in [-0.05, 0) is 24.1 Å². The lowest BCUT2D eigenvalue weighted by Gasteiger charge is -2.14. The van der Waals surface area contributed by atoms with Crippen molar-refractivity contribution in [1.82, 2.24) is 9.55 Å². The Morgan fingerprint density at radius 1 is 1.40 bits per heavy atom. The first-order chi connectivity index (χ1) is 9.43. The molecule has 1 unspecified atom stereocenters. The second-order valence-electron chi connectivity index (χ2n) is 4.73. The quantitative estimate of drug-likeness (QED) is 0.912. The summed E-state index contributed by atoms with van der Waals surface area (Å²) in [5.74, 6) is 0.525. The number of imidazole rings is 1. The van der Waals surface area contributed by atoms with Gasteiger partial charge in [-0.1, -0.05) is 19.1 Å². The summed E-state index contributed by atoms with van der Waals surface area (Å²) in [6, 6.07) is 6.33. The van der Waals surface area contributed by atoms with E-state index in [1.54, 1.807) is 18.3 Å². The number of aromatic nitrogens is 2. The Morgan fingerprint density at radius 3 is 2.80 bits per heavy atom. The summed E-state index contributed by atoms with van der Waals surface area (Å²) >= 11 is 0. The number of aryl methyl sites for hydroxylation is 1. The number of benzene rings is 1. The predicted octanol–water partition coefficient (Wildman–Crippen LogP) is 1.78. The molecule has 2 rings (SSSR count). The molecule has 2 aromatic rings. The molecule has 0 radical (unpaired) electrons. The van der Waals surface area contributed by atoms with Crippen LogP contribution in [0.4, 0.5) is 0 Å². The van der Waals surface area contributed by atoms with E-state index in [9.17, 15) is 13.5 Å². The van der Waals surface area contributed by atoms with Crippen molar-refractivity contribution < 1.29 is 13.5 Å². The molecule has 20 heavy (non-hydrogen) atoms. The zero-order valence-electron chi connectivity index (χ0n) is 11.5. The molecule has 1 N–H and O–H groups in total. The van der Waals surface area contributed by atoms with Crippen molar-refractivity contribution in [2.24, 2.45) is 0 Å². The van der Waals surface area contributed by atoms with Crippen LogP contribution in [0.5, 0.6) is 0 Å². The van der Waals surface area contributed by atoms with Crippen molar-refractivity contribution in [1.29, 1.82) is 0 Å². The molecular weight excluding hydrogens is 276 g/mol. The van der Waals surface area contributed by atoms with Crippen molar-refractivity contribution in [3.05, 3.63) is 48.0 Å². The zero-order valence-corrected chi connectivity index (χ0v) is 12.3. The fourth-order valence-electron chi connectivity index (χ4n) is 2.06. The number of hydrogen-bond acceptors (Lipinski definition) is 4. The number of nitrogens with zero attached hydrogens (tertiary/aromatic N) is 2. The Kier molecular flexibility index (Phi) is 4.25. The lowest BCUT2D eigenvalue weighted by Crippen LogP contribution is -2.10. The second kappa shape index (κ2) is 5.76. The van der Waals surface area contributed by atoms with E-state index in [1.165, 1.54) is 12.1 Å². The SMILES string of the molecule is CCCn1ccnc1C(O)c1cccc(S(C)(=O)=O)c1. The van der Waals surface area contributed by atoms with E-state index in [2.05, 4.69) is 4.98 Å². The Labute approximate surface area is 118 Å². The average molecular weight is 294 g/mol. The molecule has 0 saturated heterocycles. The highest BCUT2D eigenvalue weighted by molar-refractivity contribution is 7.90. The molecule has 0 aliphatic heterocycles. The van der Waals surface area contributed by atoms with Gasteiger partial charge in [-0.25, -0.2) is 13.4 Å². The van der Waals surface area contributed by atoms with E-state index in [4.69, 9.17) is 0 Å². The van der Waals surface area contributed by atoms with Crippen molar-refractivity contribution in [2.45, 2.75) is 30.9 Å². The van der Waals surface area contributed by atoms with E-state index < -0.39 is 15.9 Å². The standard InChI is InChI=1S/C14H18N2O3S/c1-3-8-16-9-7-15-14(16)13(17)11-5-4-6-12(10-11)20(2,18)19/h4-7,9-10,13,17H,3,8H2,1-2H3. The number of hydrogen-bond donors (Lipinski definition) is 1. The third kappa shape index (κ3) is 3.08. The Bertz CT molecular complexity index is 692. The van der Waals surface area contributed by atoms with Crippen molar-refractivity contribution in [3.8, 4) is 0 Å². The summed E-state index contributed by atoms with van der Waals surface area (Å²) in [4.78, 5) is 4.36. The van der Waals surface area contributed by atoms with Crippen LogP contribution in [0.3, 0.4) is 0 Å². The molecule has 0 amide bonds. The molecule has 0 bridgehead atoms. The van der Waals surface area contributed by atoms with E-state index in [0.717, 1.165) is 19.2 Å². The van der Waals surface area contributed by atoms with Crippen LogP contribution < -0.4 is 0 Å². The first-order valence-corrected chi connectivity index (χ1v) is 8.31. The first-order valence-electron chi connectivity index (χ1n) is 6.42. The first kappa shape index (κ1) is 14.7. The number of sulfone groups is 1. The highest BCUT2D eigenvalue weighted by Gasteiger charge is 2.18. The molecule has 1 aromatic heterocycles. The summed E-state index contributed by atoms with van der Waals surface area (Å²) in [5, 5.41) is 10.4. The minimum Gasteiger partial charge on any atom is -0.380 e. The number of aliphatic hydroxyl groups is 1. The molecule has 6 heteroatoms. The zero-order chi connectivity index (χ0) is 14.8. The third-order valence-electron chi connectivity index (χ3n) is 3.06. The average Bonchev–Trinajstić information content (AvgIpc) is 2.86. The lowest BCUT2D eigenvalue weighted by atomic mass is 10.1. The summed E-state index contributed by atoms with van der Waals surface area (Å²) in [7, 11) is -3.29. The van der Waals surface area contributed by atoms with Crippen LogP contribution in [0.25, 0.3) is 0 Å². The summed E-state index contributed by atoms with van der Waals surface area (Å²) < 4.78 is 25.0. The molecule has 0 spiro atoms. The van der Waals surface area contributed by atoms with E-state index >= 15 is 0 Å². The maximum Gasteiger partial charge on any atom is 0.175 e. The van der Waals surface area contributed by atoms with Gasteiger partial charge in [0.1, 0.15) is 11.9 Å². The minimum absolute atomic E-state index is 0.197. The summed E-state index contributed by atoms with van der Waals surface area (Å²) in [6.45, 7) is 2.80. The topological polar surface area (TPSA) is 72.2 Å². The van der Waals surface area contributed by atoms with Gasteiger partial charge in [0.15, 0.2) is 9.84 Å². The molecule has 108 valence electrons. The Hall–Kier alpha value is -1.66. The molecule has 1 atom stereocenters. The molecule has 1 heterocycles.